The second-order valence-corrected chi connectivity index (χ2v) is 8.73. The van der Waals surface area contributed by atoms with Crippen molar-refractivity contribution in [2.75, 3.05) is 32.7 Å². The van der Waals surface area contributed by atoms with Gasteiger partial charge in [-0.05, 0) is 45.0 Å². The van der Waals surface area contributed by atoms with Crippen LogP contribution in [0.3, 0.4) is 0 Å². The number of hydrogen-bond acceptors (Lipinski definition) is 5. The molecule has 2 aromatic rings. The van der Waals surface area contributed by atoms with Crippen LogP contribution in [0, 0.1) is 6.92 Å². The lowest BCUT2D eigenvalue weighted by Crippen LogP contribution is -2.45. The summed E-state index contributed by atoms with van der Waals surface area (Å²) in [4.78, 5) is 13.2. The standard InChI is InChI=1S/C21H33N5OS.HI/c1-4-26-11-5-7-18(26)15-25-21(22-10-9-19-8-6-12-27-19)24-13-16(2)20-23-14-17(3)28-20;/h6,8,12,14,16,18H,4-5,7,9-11,13,15H2,1-3H3,(H2,22,24,25);1H. The Labute approximate surface area is 195 Å². The van der Waals surface area contributed by atoms with Gasteiger partial charge in [-0.15, -0.1) is 35.3 Å². The van der Waals surface area contributed by atoms with Crippen LogP contribution in [0.4, 0.5) is 0 Å². The minimum absolute atomic E-state index is 0. The number of furan rings is 1. The number of aromatic nitrogens is 1. The first-order chi connectivity index (χ1) is 13.7. The molecule has 2 unspecified atom stereocenters. The van der Waals surface area contributed by atoms with Gasteiger partial charge >= 0.3 is 0 Å². The summed E-state index contributed by atoms with van der Waals surface area (Å²) in [5.41, 5.74) is 0. The second-order valence-electron chi connectivity index (χ2n) is 7.46. The van der Waals surface area contributed by atoms with E-state index >= 15 is 0 Å². The predicted octanol–water partition coefficient (Wildman–Crippen LogP) is 4.03. The Morgan fingerprint density at radius 3 is 3.00 bits per heavy atom. The Morgan fingerprint density at radius 1 is 1.45 bits per heavy atom. The summed E-state index contributed by atoms with van der Waals surface area (Å²) in [6.07, 6.45) is 7.06. The van der Waals surface area contributed by atoms with E-state index in [9.17, 15) is 0 Å². The highest BCUT2D eigenvalue weighted by Gasteiger charge is 2.22. The molecule has 1 saturated heterocycles. The largest absolute Gasteiger partial charge is 0.469 e. The molecule has 1 aliphatic heterocycles. The van der Waals surface area contributed by atoms with E-state index in [0.29, 0.717) is 12.0 Å². The summed E-state index contributed by atoms with van der Waals surface area (Å²) in [5.74, 6) is 2.20. The smallest absolute Gasteiger partial charge is 0.191 e. The molecule has 1 fully saturated rings. The van der Waals surface area contributed by atoms with Gasteiger partial charge < -0.3 is 15.1 Å². The Bertz CT molecular complexity index is 733. The molecule has 29 heavy (non-hydrogen) atoms. The molecule has 2 aromatic heterocycles. The minimum atomic E-state index is 0. The molecule has 0 aromatic carbocycles. The van der Waals surface area contributed by atoms with Crippen molar-refractivity contribution in [2.24, 2.45) is 4.99 Å². The molecule has 8 heteroatoms. The van der Waals surface area contributed by atoms with E-state index in [2.05, 4.69) is 41.3 Å². The minimum Gasteiger partial charge on any atom is -0.469 e. The number of guanidine groups is 1. The van der Waals surface area contributed by atoms with E-state index in [4.69, 9.17) is 9.41 Å². The molecule has 0 amide bonds. The maximum absolute atomic E-state index is 5.43. The predicted molar refractivity (Wildman–Crippen MR) is 132 cm³/mol. The lowest BCUT2D eigenvalue weighted by molar-refractivity contribution is 0.267. The molecule has 0 aliphatic carbocycles. The summed E-state index contributed by atoms with van der Waals surface area (Å²) >= 11 is 1.76. The third kappa shape index (κ3) is 7.57. The number of aryl methyl sites for hydroxylation is 1. The maximum atomic E-state index is 5.43. The summed E-state index contributed by atoms with van der Waals surface area (Å²) in [6.45, 7) is 11.3. The van der Waals surface area contributed by atoms with Gasteiger partial charge in [0.1, 0.15) is 5.76 Å². The number of rotatable bonds is 9. The number of likely N-dealkylation sites (N-methyl/N-ethyl adjacent to an activating group) is 1. The molecule has 0 saturated carbocycles. The van der Waals surface area contributed by atoms with Gasteiger partial charge in [-0.1, -0.05) is 13.8 Å². The van der Waals surface area contributed by atoms with Crippen LogP contribution in [0.15, 0.2) is 34.0 Å². The topological polar surface area (TPSA) is 65.7 Å². The zero-order valence-corrected chi connectivity index (χ0v) is 20.8. The summed E-state index contributed by atoms with van der Waals surface area (Å²) in [5, 5.41) is 8.19. The first kappa shape index (κ1) is 24.1. The summed E-state index contributed by atoms with van der Waals surface area (Å²) < 4.78 is 5.43. The fourth-order valence-electron chi connectivity index (χ4n) is 3.60. The molecule has 0 radical (unpaired) electrons. The van der Waals surface area contributed by atoms with Gasteiger partial charge in [0.15, 0.2) is 5.96 Å². The van der Waals surface area contributed by atoms with Crippen LogP contribution < -0.4 is 10.6 Å². The van der Waals surface area contributed by atoms with E-state index < -0.39 is 0 Å². The molecule has 2 atom stereocenters. The number of nitrogens with zero attached hydrogens (tertiary/aromatic N) is 3. The number of thiazole rings is 1. The van der Waals surface area contributed by atoms with Crippen molar-refractivity contribution in [1.82, 2.24) is 20.5 Å². The van der Waals surface area contributed by atoms with Crippen molar-refractivity contribution in [2.45, 2.75) is 52.0 Å². The molecule has 0 spiro atoms. The van der Waals surface area contributed by atoms with Crippen LogP contribution in [0.1, 0.15) is 48.3 Å². The van der Waals surface area contributed by atoms with E-state index in [1.165, 1.54) is 24.3 Å². The van der Waals surface area contributed by atoms with E-state index in [0.717, 1.165) is 49.3 Å². The second kappa shape index (κ2) is 12.5. The molecule has 6 nitrogen and oxygen atoms in total. The zero-order chi connectivity index (χ0) is 19.8. The summed E-state index contributed by atoms with van der Waals surface area (Å²) in [7, 11) is 0. The maximum Gasteiger partial charge on any atom is 0.191 e. The first-order valence-electron chi connectivity index (χ1n) is 10.4. The number of aliphatic imine (C=N–C) groups is 1. The molecule has 3 rings (SSSR count). The normalized spacial score (nSPS) is 18.4. The monoisotopic (exact) mass is 531 g/mol. The van der Waals surface area contributed by atoms with Gasteiger partial charge in [0.25, 0.3) is 0 Å². The van der Waals surface area contributed by atoms with Crippen molar-refractivity contribution in [3.8, 4) is 0 Å². The Morgan fingerprint density at radius 2 is 2.31 bits per heavy atom. The first-order valence-corrected chi connectivity index (χ1v) is 11.2. The molecule has 162 valence electrons. The quantitative estimate of drug-likeness (QED) is 0.291. The van der Waals surface area contributed by atoms with Crippen molar-refractivity contribution in [3.05, 3.63) is 40.2 Å². The lowest BCUT2D eigenvalue weighted by Gasteiger charge is -2.24. The Kier molecular flexibility index (Phi) is 10.4. The third-order valence-electron chi connectivity index (χ3n) is 5.24. The fourth-order valence-corrected chi connectivity index (χ4v) is 4.41. The van der Waals surface area contributed by atoms with Gasteiger partial charge in [0.2, 0.25) is 0 Å². The van der Waals surface area contributed by atoms with Crippen molar-refractivity contribution < 1.29 is 4.42 Å². The van der Waals surface area contributed by atoms with E-state index in [1.54, 1.807) is 17.6 Å². The highest BCUT2D eigenvalue weighted by atomic mass is 127. The Hall–Kier alpha value is -1.13. The highest BCUT2D eigenvalue weighted by Crippen LogP contribution is 2.21. The molecular formula is C21H34IN5OS. The number of halogens is 1. The van der Waals surface area contributed by atoms with Crippen LogP contribution in [0.2, 0.25) is 0 Å². The molecule has 0 bridgehead atoms. The van der Waals surface area contributed by atoms with Gasteiger partial charge in [0, 0.05) is 42.5 Å². The zero-order valence-electron chi connectivity index (χ0n) is 17.7. The number of likely N-dealkylation sites (tertiary alicyclic amines) is 1. The number of hydrogen-bond donors (Lipinski definition) is 2. The fraction of sp³-hybridized carbons (Fsp3) is 0.619. The van der Waals surface area contributed by atoms with Gasteiger partial charge in [-0.3, -0.25) is 9.89 Å². The van der Waals surface area contributed by atoms with Gasteiger partial charge in [-0.2, -0.15) is 0 Å². The van der Waals surface area contributed by atoms with Gasteiger partial charge in [-0.25, -0.2) is 4.98 Å². The number of nitrogens with one attached hydrogen (secondary N) is 2. The molecular weight excluding hydrogens is 497 g/mol. The van der Waals surface area contributed by atoms with Crippen LogP contribution in [0.25, 0.3) is 0 Å². The van der Waals surface area contributed by atoms with Crippen molar-refractivity contribution in [1.29, 1.82) is 0 Å². The van der Waals surface area contributed by atoms with Crippen LogP contribution in [-0.4, -0.2) is 54.6 Å². The van der Waals surface area contributed by atoms with Crippen molar-refractivity contribution >= 4 is 41.3 Å². The lowest BCUT2D eigenvalue weighted by atomic mass is 10.2. The van der Waals surface area contributed by atoms with E-state index in [-0.39, 0.29) is 24.0 Å². The summed E-state index contributed by atoms with van der Waals surface area (Å²) in [6, 6.07) is 4.54. The van der Waals surface area contributed by atoms with Crippen LogP contribution in [-0.2, 0) is 6.42 Å². The molecule has 3 heterocycles. The van der Waals surface area contributed by atoms with Crippen molar-refractivity contribution in [3.63, 3.8) is 0 Å². The average Bonchev–Trinajstić information content (AvgIpc) is 3.44. The van der Waals surface area contributed by atoms with Crippen LogP contribution >= 0.6 is 35.3 Å². The van der Waals surface area contributed by atoms with Gasteiger partial charge in [0.05, 0.1) is 17.8 Å². The Balaban J connectivity index is 0.00000300. The SMILES string of the molecule is CCN1CCCC1CNC(=NCC(C)c1ncc(C)s1)NCCc1ccco1.I. The molecule has 2 N–H and O–H groups in total. The average molecular weight is 532 g/mol. The highest BCUT2D eigenvalue weighted by molar-refractivity contribution is 14.0. The third-order valence-corrected chi connectivity index (χ3v) is 6.38. The molecule has 1 aliphatic rings. The van der Waals surface area contributed by atoms with Crippen LogP contribution in [0.5, 0.6) is 0 Å². The van der Waals surface area contributed by atoms with E-state index in [1.807, 2.05) is 18.3 Å².